The van der Waals surface area contributed by atoms with Crippen molar-refractivity contribution in [2.75, 3.05) is 0 Å². The molecule has 1 aromatic carbocycles. The SMILES string of the molecule is CC1=NC2=C(C(=O)CC(C)(C)C2)[C@H](c2cccc(F)c2)C1C(=O)OC(C)C. The first-order chi connectivity index (χ1) is 12.6. The fourth-order valence-corrected chi connectivity index (χ4v) is 4.12. The van der Waals surface area contributed by atoms with Crippen LogP contribution in [0.5, 0.6) is 0 Å². The molecular formula is C22H26FNO3. The van der Waals surface area contributed by atoms with E-state index in [2.05, 4.69) is 4.99 Å². The van der Waals surface area contributed by atoms with E-state index in [0.29, 0.717) is 29.7 Å². The van der Waals surface area contributed by atoms with E-state index in [4.69, 9.17) is 4.74 Å². The third-order valence-corrected chi connectivity index (χ3v) is 5.12. The Morgan fingerprint density at radius 2 is 2.00 bits per heavy atom. The van der Waals surface area contributed by atoms with Gasteiger partial charge in [-0.25, -0.2) is 4.39 Å². The Kier molecular flexibility index (Phi) is 5.06. The van der Waals surface area contributed by atoms with Crippen LogP contribution < -0.4 is 0 Å². The molecule has 0 saturated heterocycles. The summed E-state index contributed by atoms with van der Waals surface area (Å²) in [6.45, 7) is 9.42. The zero-order valence-corrected chi connectivity index (χ0v) is 16.5. The number of nitrogens with zero attached hydrogens (tertiary/aromatic N) is 1. The van der Waals surface area contributed by atoms with Crippen LogP contribution in [-0.4, -0.2) is 23.6 Å². The summed E-state index contributed by atoms with van der Waals surface area (Å²) < 4.78 is 19.4. The molecule has 1 aliphatic heterocycles. The van der Waals surface area contributed by atoms with Crippen molar-refractivity contribution in [2.24, 2.45) is 16.3 Å². The molecule has 1 unspecified atom stereocenters. The minimum absolute atomic E-state index is 0.0193. The summed E-state index contributed by atoms with van der Waals surface area (Å²) in [5.41, 5.74) is 2.29. The number of hydrogen-bond donors (Lipinski definition) is 0. The molecule has 144 valence electrons. The van der Waals surface area contributed by atoms with E-state index in [1.807, 2.05) is 13.8 Å². The van der Waals surface area contributed by atoms with Gasteiger partial charge in [0.15, 0.2) is 5.78 Å². The molecule has 1 heterocycles. The highest BCUT2D eigenvalue weighted by Crippen LogP contribution is 2.48. The van der Waals surface area contributed by atoms with Gasteiger partial charge in [-0.15, -0.1) is 0 Å². The smallest absolute Gasteiger partial charge is 0.315 e. The van der Waals surface area contributed by atoms with Gasteiger partial charge in [0.1, 0.15) is 11.7 Å². The van der Waals surface area contributed by atoms with Gasteiger partial charge in [0.25, 0.3) is 0 Å². The lowest BCUT2D eigenvalue weighted by molar-refractivity contribution is -0.150. The molecule has 0 bridgehead atoms. The lowest BCUT2D eigenvalue weighted by Gasteiger charge is -2.39. The minimum atomic E-state index is -0.724. The van der Waals surface area contributed by atoms with Crippen molar-refractivity contribution in [3.05, 3.63) is 46.9 Å². The molecule has 4 nitrogen and oxygen atoms in total. The Morgan fingerprint density at radius 3 is 2.63 bits per heavy atom. The highest BCUT2D eigenvalue weighted by molar-refractivity contribution is 6.09. The van der Waals surface area contributed by atoms with E-state index >= 15 is 0 Å². The van der Waals surface area contributed by atoms with Crippen LogP contribution in [0, 0.1) is 17.2 Å². The topological polar surface area (TPSA) is 55.7 Å². The number of esters is 1. The molecule has 27 heavy (non-hydrogen) atoms. The molecule has 0 spiro atoms. The summed E-state index contributed by atoms with van der Waals surface area (Å²) in [4.78, 5) is 30.5. The Balaban J connectivity index is 2.16. The van der Waals surface area contributed by atoms with Crippen LogP contribution in [0.2, 0.25) is 0 Å². The van der Waals surface area contributed by atoms with Gasteiger partial charge >= 0.3 is 5.97 Å². The normalized spacial score (nSPS) is 24.6. The number of allylic oxidation sites excluding steroid dienone is 2. The van der Waals surface area contributed by atoms with Gasteiger partial charge < -0.3 is 4.74 Å². The summed E-state index contributed by atoms with van der Waals surface area (Å²) in [5, 5.41) is 0. The molecule has 0 radical (unpaired) electrons. The number of benzene rings is 1. The van der Waals surface area contributed by atoms with E-state index in [-0.39, 0.29) is 17.3 Å². The number of Topliss-reactive ketones (excluding diaryl/α,β-unsaturated/α-hetero) is 1. The van der Waals surface area contributed by atoms with E-state index < -0.39 is 23.6 Å². The molecular weight excluding hydrogens is 345 g/mol. The zero-order chi connectivity index (χ0) is 19.9. The summed E-state index contributed by atoms with van der Waals surface area (Å²) in [5.74, 6) is -2.13. The van der Waals surface area contributed by atoms with Gasteiger partial charge in [0.2, 0.25) is 0 Å². The standard InChI is InChI=1S/C22H26FNO3/c1-12(2)27-21(26)18-13(3)24-16-10-22(4,5)11-17(25)20(16)19(18)14-7-6-8-15(23)9-14/h6-9,12,18-19H,10-11H2,1-5H3/t18?,19-/m1/s1. The second-order valence-electron chi connectivity index (χ2n) is 8.55. The zero-order valence-electron chi connectivity index (χ0n) is 16.5. The summed E-state index contributed by atoms with van der Waals surface area (Å²) in [6, 6.07) is 6.13. The first-order valence-electron chi connectivity index (χ1n) is 9.36. The summed E-state index contributed by atoms with van der Waals surface area (Å²) >= 11 is 0. The van der Waals surface area contributed by atoms with Crippen molar-refractivity contribution < 1.29 is 18.7 Å². The van der Waals surface area contributed by atoms with Crippen LogP contribution in [0.25, 0.3) is 0 Å². The number of hydrogen-bond acceptors (Lipinski definition) is 4. The molecule has 5 heteroatoms. The fourth-order valence-electron chi connectivity index (χ4n) is 4.12. The predicted octanol–water partition coefficient (Wildman–Crippen LogP) is 4.59. The van der Waals surface area contributed by atoms with Gasteiger partial charge in [-0.2, -0.15) is 0 Å². The average molecular weight is 371 g/mol. The second-order valence-corrected chi connectivity index (χ2v) is 8.55. The Bertz CT molecular complexity index is 851. The van der Waals surface area contributed by atoms with Crippen molar-refractivity contribution in [1.82, 2.24) is 0 Å². The first kappa shape index (κ1) is 19.5. The number of rotatable bonds is 3. The average Bonchev–Trinajstić information content (AvgIpc) is 2.51. The lowest BCUT2D eigenvalue weighted by atomic mass is 9.67. The van der Waals surface area contributed by atoms with E-state index in [0.717, 1.165) is 5.70 Å². The lowest BCUT2D eigenvalue weighted by Crippen LogP contribution is -2.40. The van der Waals surface area contributed by atoms with Crippen LogP contribution in [0.15, 0.2) is 40.5 Å². The third-order valence-electron chi connectivity index (χ3n) is 5.12. The van der Waals surface area contributed by atoms with Crippen molar-refractivity contribution in [3.8, 4) is 0 Å². The van der Waals surface area contributed by atoms with E-state index in [9.17, 15) is 14.0 Å². The maximum Gasteiger partial charge on any atom is 0.315 e. The molecule has 2 atom stereocenters. The molecule has 0 aromatic heterocycles. The minimum Gasteiger partial charge on any atom is -0.462 e. The van der Waals surface area contributed by atoms with Crippen LogP contribution in [0.1, 0.15) is 58.9 Å². The van der Waals surface area contributed by atoms with Crippen LogP contribution in [-0.2, 0) is 14.3 Å². The highest BCUT2D eigenvalue weighted by atomic mass is 19.1. The first-order valence-corrected chi connectivity index (χ1v) is 9.36. The molecule has 1 aromatic rings. The van der Waals surface area contributed by atoms with Crippen molar-refractivity contribution >= 4 is 17.5 Å². The fraction of sp³-hybridized carbons (Fsp3) is 0.500. The molecule has 0 N–H and O–H groups in total. The highest BCUT2D eigenvalue weighted by Gasteiger charge is 2.46. The Hall–Kier alpha value is -2.30. The van der Waals surface area contributed by atoms with Gasteiger partial charge in [-0.1, -0.05) is 26.0 Å². The van der Waals surface area contributed by atoms with E-state index in [1.165, 1.54) is 12.1 Å². The molecule has 1 aliphatic carbocycles. The third kappa shape index (κ3) is 3.87. The number of carbonyl (C=O) groups is 2. The second kappa shape index (κ2) is 7.02. The molecule has 3 rings (SSSR count). The summed E-state index contributed by atoms with van der Waals surface area (Å²) in [6.07, 6.45) is 0.760. The largest absolute Gasteiger partial charge is 0.462 e. The van der Waals surface area contributed by atoms with Gasteiger partial charge in [0.05, 0.1) is 6.10 Å². The maximum atomic E-state index is 14.0. The van der Waals surface area contributed by atoms with Gasteiger partial charge in [-0.05, 0) is 50.3 Å². The van der Waals surface area contributed by atoms with Crippen LogP contribution >= 0.6 is 0 Å². The predicted molar refractivity (Wildman–Crippen MR) is 102 cm³/mol. The van der Waals surface area contributed by atoms with Crippen molar-refractivity contribution in [3.63, 3.8) is 0 Å². The number of aliphatic imine (C=N–C) groups is 1. The number of ketones is 1. The number of ether oxygens (including phenoxy) is 1. The Labute approximate surface area is 159 Å². The van der Waals surface area contributed by atoms with Crippen molar-refractivity contribution in [1.29, 1.82) is 0 Å². The maximum absolute atomic E-state index is 14.0. The van der Waals surface area contributed by atoms with Crippen LogP contribution in [0.3, 0.4) is 0 Å². The molecule has 2 aliphatic rings. The van der Waals surface area contributed by atoms with E-state index in [1.54, 1.807) is 32.9 Å². The number of carbonyl (C=O) groups excluding carboxylic acids is 2. The molecule has 0 amide bonds. The Morgan fingerprint density at radius 1 is 1.30 bits per heavy atom. The monoisotopic (exact) mass is 371 g/mol. The van der Waals surface area contributed by atoms with Gasteiger partial charge in [0, 0.05) is 29.3 Å². The van der Waals surface area contributed by atoms with Crippen LogP contribution in [0.4, 0.5) is 4.39 Å². The van der Waals surface area contributed by atoms with Crippen molar-refractivity contribution in [2.45, 2.75) is 59.5 Å². The molecule has 0 saturated carbocycles. The molecule has 0 fully saturated rings. The van der Waals surface area contributed by atoms with Gasteiger partial charge in [-0.3, -0.25) is 14.6 Å². The quantitative estimate of drug-likeness (QED) is 0.730. The summed E-state index contributed by atoms with van der Waals surface area (Å²) in [7, 11) is 0. The number of halogens is 1.